The predicted molar refractivity (Wildman–Crippen MR) is 86.6 cm³/mol. The van der Waals surface area contributed by atoms with Gasteiger partial charge >= 0.3 is 0 Å². The molecule has 5 nitrogen and oxygen atoms in total. The number of hydrogen-bond donors (Lipinski definition) is 2. The van der Waals surface area contributed by atoms with Crippen LogP contribution in [0.1, 0.15) is 16.9 Å². The zero-order chi connectivity index (χ0) is 15.5. The number of thiophene rings is 1. The predicted octanol–water partition coefficient (Wildman–Crippen LogP) is 2.96. The van der Waals surface area contributed by atoms with Crippen molar-refractivity contribution in [3.8, 4) is 5.75 Å². The Morgan fingerprint density at radius 2 is 2.32 bits per heavy atom. The third-order valence-electron chi connectivity index (χ3n) is 3.31. The van der Waals surface area contributed by atoms with Crippen LogP contribution in [0.3, 0.4) is 0 Å². The Morgan fingerprint density at radius 1 is 1.45 bits per heavy atom. The van der Waals surface area contributed by atoms with E-state index in [2.05, 4.69) is 10.6 Å². The number of hydrogen-bond acceptors (Lipinski definition) is 4. The Balaban J connectivity index is 1.71. The Morgan fingerprint density at radius 3 is 3.09 bits per heavy atom. The third-order valence-corrected chi connectivity index (χ3v) is 4.24. The second-order valence-electron chi connectivity index (χ2n) is 5.15. The molecule has 1 aliphatic rings. The van der Waals surface area contributed by atoms with Crippen molar-refractivity contribution < 1.29 is 14.3 Å². The first-order valence-electron chi connectivity index (χ1n) is 7.01. The maximum atomic E-state index is 12.1. The first-order valence-corrected chi connectivity index (χ1v) is 7.89. The lowest BCUT2D eigenvalue weighted by molar-refractivity contribution is -0.118. The van der Waals surface area contributed by atoms with E-state index in [4.69, 9.17) is 4.74 Å². The second kappa shape index (κ2) is 6.19. The number of carbonyl (C=O) groups is 2. The van der Waals surface area contributed by atoms with Crippen LogP contribution in [0.25, 0.3) is 0 Å². The summed E-state index contributed by atoms with van der Waals surface area (Å²) in [6.07, 6.45) is 1.13. The average Bonchev–Trinajstić information content (AvgIpc) is 2.97. The lowest BCUT2D eigenvalue weighted by Crippen LogP contribution is -2.26. The van der Waals surface area contributed by atoms with Gasteiger partial charge in [-0.3, -0.25) is 9.59 Å². The molecule has 1 aromatic heterocycles. The van der Waals surface area contributed by atoms with E-state index >= 15 is 0 Å². The first-order chi connectivity index (χ1) is 10.6. The second-order valence-corrected chi connectivity index (χ2v) is 6.19. The highest BCUT2D eigenvalue weighted by atomic mass is 32.1. The molecule has 0 saturated heterocycles. The molecular formula is C16H16N2O3S. The minimum Gasteiger partial charge on any atom is -0.479 e. The van der Waals surface area contributed by atoms with Crippen LogP contribution in [-0.4, -0.2) is 18.4 Å². The summed E-state index contributed by atoms with van der Waals surface area (Å²) in [7, 11) is 0. The van der Waals surface area contributed by atoms with Gasteiger partial charge in [-0.15, -0.1) is 11.3 Å². The summed E-state index contributed by atoms with van der Waals surface area (Å²) in [5, 5.41) is 7.63. The summed E-state index contributed by atoms with van der Waals surface area (Å²) >= 11 is 1.64. The number of carbonyl (C=O) groups excluding carboxylic acids is 2. The minimum absolute atomic E-state index is 0.0336. The molecule has 22 heavy (non-hydrogen) atoms. The fourth-order valence-corrected chi connectivity index (χ4v) is 3.05. The monoisotopic (exact) mass is 316 g/mol. The van der Waals surface area contributed by atoms with E-state index in [1.54, 1.807) is 11.3 Å². The smallest absolute Gasteiger partial charge is 0.262 e. The van der Waals surface area contributed by atoms with Crippen LogP contribution in [-0.2, 0) is 16.0 Å². The van der Waals surface area contributed by atoms with Crippen LogP contribution in [0.4, 0.5) is 11.4 Å². The molecule has 0 unspecified atom stereocenters. The summed E-state index contributed by atoms with van der Waals surface area (Å²) < 4.78 is 5.45. The number of ether oxygens (including phenoxy) is 1. The summed E-state index contributed by atoms with van der Waals surface area (Å²) in [5.74, 6) is 0.268. The summed E-state index contributed by atoms with van der Waals surface area (Å²) in [6, 6.07) is 7.67. The molecule has 0 saturated carbocycles. The van der Waals surface area contributed by atoms with Crippen molar-refractivity contribution in [2.24, 2.45) is 0 Å². The van der Waals surface area contributed by atoms with Crippen molar-refractivity contribution in [2.45, 2.75) is 19.8 Å². The number of aryl methyl sites for hydroxylation is 2. The van der Waals surface area contributed by atoms with Crippen molar-refractivity contribution >= 4 is 34.5 Å². The molecule has 2 N–H and O–H groups in total. The Bertz CT molecular complexity index is 710. The molecule has 6 heteroatoms. The van der Waals surface area contributed by atoms with E-state index in [-0.39, 0.29) is 18.4 Å². The number of rotatable bonds is 4. The lowest BCUT2D eigenvalue weighted by atomic mass is 10.1. The van der Waals surface area contributed by atoms with Gasteiger partial charge in [-0.25, -0.2) is 0 Å². The highest BCUT2D eigenvalue weighted by Gasteiger charge is 2.20. The highest BCUT2D eigenvalue weighted by molar-refractivity contribution is 7.09. The minimum atomic E-state index is -0.187. The van der Waals surface area contributed by atoms with Gasteiger partial charge < -0.3 is 15.4 Å². The molecule has 2 heterocycles. The van der Waals surface area contributed by atoms with Gasteiger partial charge in [-0.05, 0) is 42.5 Å². The van der Waals surface area contributed by atoms with Crippen LogP contribution < -0.4 is 15.4 Å². The molecule has 0 radical (unpaired) electrons. The fraction of sp³-hybridized carbons (Fsp3) is 0.250. The van der Waals surface area contributed by atoms with E-state index in [1.165, 1.54) is 4.88 Å². The average molecular weight is 316 g/mol. The van der Waals surface area contributed by atoms with E-state index < -0.39 is 0 Å². The number of anilines is 2. The molecule has 2 aromatic rings. The molecule has 1 aliphatic heterocycles. The molecule has 0 spiro atoms. The van der Waals surface area contributed by atoms with Crippen molar-refractivity contribution in [3.05, 3.63) is 40.1 Å². The quantitative estimate of drug-likeness (QED) is 0.911. The fourth-order valence-electron chi connectivity index (χ4n) is 2.34. The third kappa shape index (κ3) is 3.28. The van der Waals surface area contributed by atoms with Crippen molar-refractivity contribution in [1.82, 2.24) is 0 Å². The Hall–Kier alpha value is -2.34. The van der Waals surface area contributed by atoms with Crippen molar-refractivity contribution in [3.63, 3.8) is 0 Å². The van der Waals surface area contributed by atoms with Crippen LogP contribution in [0.5, 0.6) is 5.75 Å². The van der Waals surface area contributed by atoms with E-state index in [9.17, 15) is 9.59 Å². The number of amides is 2. The van der Waals surface area contributed by atoms with E-state index in [1.807, 2.05) is 36.6 Å². The van der Waals surface area contributed by atoms with Crippen LogP contribution in [0, 0.1) is 6.92 Å². The van der Waals surface area contributed by atoms with Gasteiger partial charge in [0.05, 0.1) is 11.4 Å². The number of nitrogens with one attached hydrogen (secondary N) is 2. The van der Waals surface area contributed by atoms with Crippen molar-refractivity contribution in [2.75, 3.05) is 17.2 Å². The maximum absolute atomic E-state index is 12.1. The van der Waals surface area contributed by atoms with Gasteiger partial charge in [-0.1, -0.05) is 6.07 Å². The normalized spacial score (nSPS) is 13.0. The zero-order valence-corrected chi connectivity index (χ0v) is 13.0. The van der Waals surface area contributed by atoms with E-state index in [0.29, 0.717) is 23.5 Å². The highest BCUT2D eigenvalue weighted by Crippen LogP contribution is 2.37. The summed E-state index contributed by atoms with van der Waals surface area (Å²) in [6.45, 7) is 1.87. The summed E-state index contributed by atoms with van der Waals surface area (Å²) in [5.41, 5.74) is 2.15. The van der Waals surface area contributed by atoms with Crippen molar-refractivity contribution in [1.29, 1.82) is 0 Å². The van der Waals surface area contributed by atoms with Crippen LogP contribution in [0.2, 0.25) is 0 Å². The maximum Gasteiger partial charge on any atom is 0.262 e. The number of benzene rings is 1. The van der Waals surface area contributed by atoms with Gasteiger partial charge in [-0.2, -0.15) is 0 Å². The molecule has 0 bridgehead atoms. The molecular weight excluding hydrogens is 300 g/mol. The van der Waals surface area contributed by atoms with Gasteiger partial charge in [0.15, 0.2) is 12.4 Å². The SMILES string of the molecule is Cc1cc(NC(=O)CCc2cccs2)c2c(c1)NC(=O)CO2. The van der Waals surface area contributed by atoms with Gasteiger partial charge in [0, 0.05) is 11.3 Å². The Labute approximate surface area is 132 Å². The van der Waals surface area contributed by atoms with Gasteiger partial charge in [0.2, 0.25) is 5.91 Å². The molecule has 2 amide bonds. The zero-order valence-electron chi connectivity index (χ0n) is 12.1. The van der Waals surface area contributed by atoms with Gasteiger partial charge in [0.25, 0.3) is 5.91 Å². The first kappa shape index (κ1) is 14.6. The molecule has 3 rings (SSSR count). The molecule has 114 valence electrons. The van der Waals surface area contributed by atoms with Gasteiger partial charge in [0.1, 0.15) is 0 Å². The lowest BCUT2D eigenvalue weighted by Gasteiger charge is -2.21. The number of fused-ring (bicyclic) bond motifs is 1. The molecule has 0 atom stereocenters. The molecule has 1 aromatic carbocycles. The topological polar surface area (TPSA) is 67.4 Å². The molecule has 0 aliphatic carbocycles. The molecule has 0 fully saturated rings. The van der Waals surface area contributed by atoms with Crippen LogP contribution in [0.15, 0.2) is 29.6 Å². The van der Waals surface area contributed by atoms with Crippen LogP contribution >= 0.6 is 11.3 Å². The summed E-state index contributed by atoms with van der Waals surface area (Å²) in [4.78, 5) is 24.7. The standard InChI is InChI=1S/C16H16N2O3S/c1-10-7-12(16-13(8-10)18-15(20)9-21-16)17-14(19)5-4-11-3-2-6-22-11/h2-3,6-8H,4-5,9H2,1H3,(H,17,19)(H,18,20). The largest absolute Gasteiger partial charge is 0.479 e. The van der Waals surface area contributed by atoms with E-state index in [0.717, 1.165) is 12.0 Å². The Kier molecular flexibility index (Phi) is 4.11.